The first-order valence-corrected chi connectivity index (χ1v) is 11.6. The van der Waals surface area contributed by atoms with Crippen LogP contribution in [-0.4, -0.2) is 36.6 Å². The summed E-state index contributed by atoms with van der Waals surface area (Å²) in [7, 11) is 1.31. The molecule has 1 saturated carbocycles. The zero-order chi connectivity index (χ0) is 23.9. The van der Waals surface area contributed by atoms with Crippen LogP contribution in [-0.2, 0) is 10.3 Å². The molecule has 1 aliphatic heterocycles. The van der Waals surface area contributed by atoms with Crippen LogP contribution < -0.4 is 20.7 Å². The van der Waals surface area contributed by atoms with Crippen molar-refractivity contribution in [1.29, 1.82) is 0 Å². The molecule has 0 spiro atoms. The third kappa shape index (κ3) is 4.09. The quantitative estimate of drug-likeness (QED) is 0.498. The predicted octanol–water partition coefficient (Wildman–Crippen LogP) is 3.67. The molecule has 2 aromatic carbocycles. The lowest BCUT2D eigenvalue weighted by Crippen LogP contribution is -2.50. The highest BCUT2D eigenvalue weighted by atomic mass is 32.1. The Morgan fingerprint density at radius 2 is 1.91 bits per heavy atom. The van der Waals surface area contributed by atoms with Crippen molar-refractivity contribution in [2.45, 2.75) is 30.3 Å². The van der Waals surface area contributed by atoms with Crippen molar-refractivity contribution in [3.05, 3.63) is 70.9 Å². The molecule has 0 unspecified atom stereocenters. The molecule has 34 heavy (non-hydrogen) atoms. The first-order chi connectivity index (χ1) is 16.4. The van der Waals surface area contributed by atoms with E-state index in [4.69, 9.17) is 4.74 Å². The Morgan fingerprint density at radius 3 is 2.56 bits per heavy atom. The zero-order valence-corrected chi connectivity index (χ0v) is 19.0. The number of benzene rings is 2. The molecular weight excluding hydrogens is 462 g/mol. The number of amides is 3. The lowest BCUT2D eigenvalue weighted by Gasteiger charge is -2.22. The summed E-state index contributed by atoms with van der Waals surface area (Å²) >= 11 is 1.50. The molecule has 1 aromatic heterocycles. The average molecular weight is 485 g/mol. The number of urea groups is 1. The van der Waals surface area contributed by atoms with Crippen LogP contribution >= 0.6 is 11.3 Å². The molecule has 3 amide bonds. The van der Waals surface area contributed by atoms with Gasteiger partial charge in [-0.05, 0) is 18.4 Å². The van der Waals surface area contributed by atoms with E-state index in [0.29, 0.717) is 12.8 Å². The Kier molecular flexibility index (Phi) is 5.68. The smallest absolute Gasteiger partial charge is 0.316 e. The summed E-state index contributed by atoms with van der Waals surface area (Å²) in [5, 5.41) is 8.90. The Bertz CT molecular complexity index is 1220. The third-order valence-corrected chi connectivity index (χ3v) is 7.45. The van der Waals surface area contributed by atoms with Gasteiger partial charge in [-0.15, -0.1) is 11.3 Å². The van der Waals surface area contributed by atoms with Gasteiger partial charge in [0, 0.05) is 36.4 Å². The number of carbonyl (C=O) groups is 2. The molecule has 2 atom stereocenters. The lowest BCUT2D eigenvalue weighted by molar-refractivity contribution is -0.120. The highest BCUT2D eigenvalue weighted by Crippen LogP contribution is 2.48. The van der Waals surface area contributed by atoms with Crippen LogP contribution in [0.15, 0.2) is 48.7 Å². The van der Waals surface area contributed by atoms with Gasteiger partial charge in [0.1, 0.15) is 28.4 Å². The molecule has 2 aliphatic rings. The van der Waals surface area contributed by atoms with Crippen LogP contribution in [0.4, 0.5) is 13.6 Å². The number of thiazole rings is 1. The molecule has 2 fully saturated rings. The first kappa shape index (κ1) is 22.3. The van der Waals surface area contributed by atoms with Crippen molar-refractivity contribution in [2.75, 3.05) is 13.7 Å². The first-order valence-electron chi connectivity index (χ1n) is 10.8. The van der Waals surface area contributed by atoms with Crippen molar-refractivity contribution < 1.29 is 23.1 Å². The van der Waals surface area contributed by atoms with Gasteiger partial charge in [0.15, 0.2) is 0 Å². The van der Waals surface area contributed by atoms with Crippen molar-refractivity contribution in [3.8, 4) is 16.2 Å². The number of methoxy groups -OCH3 is 1. The normalized spacial score (nSPS) is 20.5. The molecule has 3 N–H and O–H groups in total. The molecule has 0 bridgehead atoms. The molecule has 3 aromatic rings. The van der Waals surface area contributed by atoms with Gasteiger partial charge < -0.3 is 20.7 Å². The number of halogens is 2. The third-order valence-electron chi connectivity index (χ3n) is 6.20. The predicted molar refractivity (Wildman–Crippen MR) is 123 cm³/mol. The Labute approximate surface area is 198 Å². The van der Waals surface area contributed by atoms with Crippen molar-refractivity contribution in [3.63, 3.8) is 0 Å². The number of hydrogen-bond donors (Lipinski definition) is 3. The fraction of sp³-hybridized carbons (Fsp3) is 0.292. The van der Waals surface area contributed by atoms with Crippen LogP contribution in [0.1, 0.15) is 29.3 Å². The van der Waals surface area contributed by atoms with Gasteiger partial charge in [0.2, 0.25) is 5.91 Å². The number of nitrogens with one attached hydrogen (secondary N) is 3. The van der Waals surface area contributed by atoms with Gasteiger partial charge in [-0.25, -0.2) is 18.6 Å². The lowest BCUT2D eigenvalue weighted by atomic mass is 9.93. The molecule has 5 rings (SSSR count). The maximum absolute atomic E-state index is 14.6. The van der Waals surface area contributed by atoms with Crippen molar-refractivity contribution in [1.82, 2.24) is 20.9 Å². The maximum Gasteiger partial charge on any atom is 0.316 e. The van der Waals surface area contributed by atoms with Gasteiger partial charge in [0.05, 0.1) is 17.5 Å². The van der Waals surface area contributed by atoms with Crippen molar-refractivity contribution in [2.24, 2.45) is 0 Å². The van der Waals surface area contributed by atoms with Gasteiger partial charge in [-0.3, -0.25) is 4.79 Å². The molecule has 2 heterocycles. The van der Waals surface area contributed by atoms with Crippen LogP contribution in [0.5, 0.6) is 5.75 Å². The van der Waals surface area contributed by atoms with E-state index in [1.165, 1.54) is 18.4 Å². The molecule has 7 nitrogen and oxygen atoms in total. The number of aromatic nitrogens is 1. The van der Waals surface area contributed by atoms with Gasteiger partial charge in [0.25, 0.3) is 0 Å². The highest BCUT2D eigenvalue weighted by Gasteiger charge is 2.49. The fourth-order valence-corrected chi connectivity index (χ4v) is 5.36. The van der Waals surface area contributed by atoms with E-state index in [9.17, 15) is 18.4 Å². The summed E-state index contributed by atoms with van der Waals surface area (Å²) in [5.41, 5.74) is 0.168. The number of nitrogens with zero attached hydrogens (tertiary/aromatic N) is 1. The van der Waals surface area contributed by atoms with E-state index < -0.39 is 41.1 Å². The average Bonchev–Trinajstić information content (AvgIpc) is 3.26. The second-order valence-electron chi connectivity index (χ2n) is 8.41. The van der Waals surface area contributed by atoms with Crippen LogP contribution in [0.2, 0.25) is 0 Å². The molecule has 176 valence electrons. The number of rotatable bonds is 6. The van der Waals surface area contributed by atoms with E-state index in [-0.39, 0.29) is 17.9 Å². The number of ether oxygens (including phenoxy) is 1. The minimum Gasteiger partial charge on any atom is -0.497 e. The summed E-state index contributed by atoms with van der Waals surface area (Å²) in [6.07, 6.45) is 3.21. The summed E-state index contributed by atoms with van der Waals surface area (Å²) in [5.74, 6) is -3.03. The highest BCUT2D eigenvalue weighted by molar-refractivity contribution is 7.15. The second-order valence-corrected chi connectivity index (χ2v) is 9.44. The van der Waals surface area contributed by atoms with Crippen molar-refractivity contribution >= 4 is 23.3 Å². The van der Waals surface area contributed by atoms with Crippen LogP contribution in [0.3, 0.4) is 0 Å². The minimum atomic E-state index is -1.12. The van der Waals surface area contributed by atoms with E-state index in [1.807, 2.05) is 30.3 Å². The minimum absolute atomic E-state index is 0.00199. The summed E-state index contributed by atoms with van der Waals surface area (Å²) in [6, 6.07) is 10.2. The second kappa shape index (κ2) is 8.68. The topological polar surface area (TPSA) is 92.4 Å². The molecule has 10 heteroatoms. The molecule has 0 radical (unpaired) electrons. The summed E-state index contributed by atoms with van der Waals surface area (Å²) in [6.45, 7) is 0.00199. The molecular formula is C24H22F2N4O3S. The molecule has 1 saturated heterocycles. The number of carbonyl (C=O) groups excluding carboxylic acids is 2. The SMILES string of the molecule is COc1cc(F)c([C@@H]2CNC(=O)[C@H]2NC(=O)NC2(c3ncc(-c4ccccc4)s3)CC2)c(F)c1. The Balaban J connectivity index is 1.31. The van der Waals surface area contributed by atoms with Crippen LogP contribution in [0.25, 0.3) is 10.4 Å². The monoisotopic (exact) mass is 484 g/mol. The Hall–Kier alpha value is -3.53. The van der Waals surface area contributed by atoms with E-state index in [2.05, 4.69) is 20.9 Å². The Morgan fingerprint density at radius 1 is 1.21 bits per heavy atom. The summed E-state index contributed by atoms with van der Waals surface area (Å²) < 4.78 is 34.2. The van der Waals surface area contributed by atoms with Gasteiger partial charge >= 0.3 is 6.03 Å². The maximum atomic E-state index is 14.6. The van der Waals surface area contributed by atoms with Gasteiger partial charge in [-0.1, -0.05) is 30.3 Å². The number of hydrogen-bond acceptors (Lipinski definition) is 5. The zero-order valence-electron chi connectivity index (χ0n) is 18.2. The van der Waals surface area contributed by atoms with E-state index in [1.54, 1.807) is 6.20 Å². The van der Waals surface area contributed by atoms with Crippen LogP contribution in [0, 0.1) is 11.6 Å². The van der Waals surface area contributed by atoms with E-state index >= 15 is 0 Å². The van der Waals surface area contributed by atoms with Gasteiger partial charge in [-0.2, -0.15) is 0 Å². The largest absolute Gasteiger partial charge is 0.497 e. The summed E-state index contributed by atoms with van der Waals surface area (Å²) in [4.78, 5) is 30.8. The molecule has 1 aliphatic carbocycles. The standard InChI is InChI=1S/C24H22F2N4O3S/c1-33-14-9-16(25)19(17(26)10-14)15-11-27-21(31)20(15)29-23(32)30-24(7-8-24)22-28-12-18(34-22)13-5-3-2-4-6-13/h2-6,9-10,12,15,20H,7-8,11H2,1H3,(H,27,31)(H2,29,30,32)/t15-,20-/m0/s1. The fourth-order valence-electron chi connectivity index (χ4n) is 4.23. The van der Waals surface area contributed by atoms with E-state index in [0.717, 1.165) is 27.6 Å².